The van der Waals surface area contributed by atoms with E-state index >= 15 is 0 Å². The summed E-state index contributed by atoms with van der Waals surface area (Å²) >= 11 is 0. The minimum absolute atomic E-state index is 0.577. The summed E-state index contributed by atoms with van der Waals surface area (Å²) in [5.74, 6) is -6.64. The molecule has 2 aliphatic rings. The maximum absolute atomic E-state index is 12.3. The fourth-order valence-corrected chi connectivity index (χ4v) is 4.84. The Kier molecular flexibility index (Phi) is 14.5. The number of carbonyl (C=O) groups is 8. The van der Waals surface area contributed by atoms with Crippen LogP contribution in [0.5, 0.6) is 0 Å². The molecule has 19 nitrogen and oxygen atoms in total. The summed E-state index contributed by atoms with van der Waals surface area (Å²) in [5.41, 5.74) is 0. The van der Waals surface area contributed by atoms with Crippen LogP contribution in [0.2, 0.25) is 0 Å². The molecule has 2 saturated heterocycles. The lowest BCUT2D eigenvalue weighted by molar-refractivity contribution is -0.348. The maximum Gasteiger partial charge on any atom is 0.305 e. The molecule has 264 valence electrons. The molecule has 2 fully saturated rings. The van der Waals surface area contributed by atoms with Crippen molar-refractivity contribution < 1.29 is 85.7 Å². The van der Waals surface area contributed by atoms with Gasteiger partial charge in [-0.05, 0) is 0 Å². The smallest absolute Gasteiger partial charge is 0.305 e. The average molecular weight is 678 g/mol. The summed E-state index contributed by atoms with van der Waals surface area (Å²) in [7, 11) is 0. The van der Waals surface area contributed by atoms with Gasteiger partial charge in [-0.2, -0.15) is 0 Å². The van der Waals surface area contributed by atoms with Gasteiger partial charge < -0.3 is 52.7 Å². The van der Waals surface area contributed by atoms with Crippen molar-refractivity contribution in [2.75, 3.05) is 13.2 Å². The second-order valence-corrected chi connectivity index (χ2v) is 10.4. The monoisotopic (exact) mass is 677 g/mol. The Labute approximate surface area is 269 Å². The quantitative estimate of drug-likeness (QED) is 0.187. The van der Waals surface area contributed by atoms with E-state index in [-0.39, 0.29) is 0 Å². The number of rotatable bonds is 12. The molecule has 47 heavy (non-hydrogen) atoms. The van der Waals surface area contributed by atoms with Crippen LogP contribution in [0, 0.1) is 0 Å². The van der Waals surface area contributed by atoms with Crippen molar-refractivity contribution in [1.29, 1.82) is 0 Å². The molecule has 0 aromatic heterocycles. The fourth-order valence-electron chi connectivity index (χ4n) is 4.84. The summed E-state index contributed by atoms with van der Waals surface area (Å²) in [6.45, 7) is 7.30. The summed E-state index contributed by atoms with van der Waals surface area (Å²) < 4.78 is 55.2. The van der Waals surface area contributed by atoms with Crippen molar-refractivity contribution in [3.8, 4) is 0 Å². The van der Waals surface area contributed by atoms with E-state index in [0.29, 0.717) is 0 Å². The molecule has 2 rings (SSSR count). The van der Waals surface area contributed by atoms with E-state index in [0.717, 1.165) is 55.4 Å². The molecule has 1 N–H and O–H groups in total. The number of esters is 7. The molecular formula is C28H39NO18. The summed E-state index contributed by atoms with van der Waals surface area (Å²) in [5, 5.41) is 2.48. The average Bonchev–Trinajstić information content (AvgIpc) is 2.91. The lowest BCUT2D eigenvalue weighted by Gasteiger charge is -2.48. The van der Waals surface area contributed by atoms with Crippen molar-refractivity contribution in [2.45, 2.75) is 117 Å². The third-order valence-corrected chi connectivity index (χ3v) is 6.29. The van der Waals surface area contributed by atoms with Crippen LogP contribution in [0.3, 0.4) is 0 Å². The van der Waals surface area contributed by atoms with Gasteiger partial charge in [0.15, 0.2) is 30.7 Å². The first kappa shape index (κ1) is 38.8. The summed E-state index contributed by atoms with van der Waals surface area (Å²) in [6.07, 6.45) is -14.2. The second kappa shape index (κ2) is 17.5. The SMILES string of the molecule is CC(=O)N[C@@H]1[C@@H](OC(C)=O)OC(COC(C)=O)[C@H](O[C@H]2OC(COC(C)=O)[C@H](OC(C)=O)[C@@H](OC(C)=O)[C@@H]2OC(C)=O)[C@@H]1OC(C)=O. The topological polar surface area (TPSA) is 241 Å². The molecule has 0 radical (unpaired) electrons. The van der Waals surface area contributed by atoms with Crippen molar-refractivity contribution in [1.82, 2.24) is 5.32 Å². The predicted molar refractivity (Wildman–Crippen MR) is 147 cm³/mol. The second-order valence-electron chi connectivity index (χ2n) is 10.4. The van der Waals surface area contributed by atoms with Gasteiger partial charge in [0.05, 0.1) is 0 Å². The third kappa shape index (κ3) is 12.1. The molecule has 2 heterocycles. The minimum Gasteiger partial charge on any atom is -0.463 e. The molecular weight excluding hydrogens is 638 g/mol. The van der Waals surface area contributed by atoms with E-state index in [4.69, 9.17) is 47.4 Å². The zero-order valence-electron chi connectivity index (χ0n) is 27.0. The van der Waals surface area contributed by atoms with E-state index < -0.39 is 122 Å². The Bertz CT molecular complexity index is 1200. The number of amides is 1. The highest BCUT2D eigenvalue weighted by Gasteiger charge is 2.57. The van der Waals surface area contributed by atoms with E-state index in [1.807, 2.05) is 0 Å². The number of hydrogen-bond acceptors (Lipinski definition) is 18. The highest BCUT2D eigenvalue weighted by molar-refractivity contribution is 5.74. The first-order valence-electron chi connectivity index (χ1n) is 14.3. The van der Waals surface area contributed by atoms with Gasteiger partial charge in [0.2, 0.25) is 12.2 Å². The molecule has 0 aromatic rings. The van der Waals surface area contributed by atoms with Gasteiger partial charge in [-0.3, -0.25) is 38.4 Å². The number of carbonyl (C=O) groups excluding carboxylic acids is 8. The Morgan fingerprint density at radius 3 is 1.32 bits per heavy atom. The minimum atomic E-state index is -1.80. The van der Waals surface area contributed by atoms with Gasteiger partial charge in [0.1, 0.15) is 37.6 Å². The lowest BCUT2D eigenvalue weighted by atomic mass is 9.94. The highest BCUT2D eigenvalue weighted by atomic mass is 16.8. The van der Waals surface area contributed by atoms with E-state index in [1.165, 1.54) is 0 Å². The number of nitrogens with one attached hydrogen (secondary N) is 1. The summed E-state index contributed by atoms with van der Waals surface area (Å²) in [4.78, 5) is 96.5. The fraction of sp³-hybridized carbons (Fsp3) is 0.714. The molecule has 2 aliphatic heterocycles. The van der Waals surface area contributed by atoms with Crippen molar-refractivity contribution in [2.24, 2.45) is 0 Å². The Morgan fingerprint density at radius 2 is 0.872 bits per heavy atom. The molecule has 0 spiro atoms. The van der Waals surface area contributed by atoms with E-state index in [9.17, 15) is 38.4 Å². The molecule has 0 aromatic carbocycles. The third-order valence-electron chi connectivity index (χ3n) is 6.29. The van der Waals surface area contributed by atoms with Crippen LogP contribution in [-0.2, 0) is 85.7 Å². The van der Waals surface area contributed by atoms with E-state index in [2.05, 4.69) is 5.32 Å². The predicted octanol–water partition coefficient (Wildman–Crippen LogP) is -1.26. The first-order valence-corrected chi connectivity index (χ1v) is 14.3. The Hall–Kier alpha value is -4.36. The number of ether oxygens (including phenoxy) is 10. The van der Waals surface area contributed by atoms with Gasteiger partial charge >= 0.3 is 41.8 Å². The first-order chi connectivity index (χ1) is 21.9. The molecule has 0 aliphatic carbocycles. The normalized spacial score (nSPS) is 30.0. The maximum atomic E-state index is 12.3. The molecule has 2 unspecified atom stereocenters. The van der Waals surface area contributed by atoms with Gasteiger partial charge in [-0.1, -0.05) is 0 Å². The van der Waals surface area contributed by atoms with Gasteiger partial charge in [0.25, 0.3) is 0 Å². The van der Waals surface area contributed by atoms with Gasteiger partial charge in [-0.15, -0.1) is 0 Å². The van der Waals surface area contributed by atoms with Crippen LogP contribution in [0.25, 0.3) is 0 Å². The molecule has 1 amide bonds. The van der Waals surface area contributed by atoms with Crippen LogP contribution in [0.4, 0.5) is 0 Å². The largest absolute Gasteiger partial charge is 0.463 e. The Morgan fingerprint density at radius 1 is 0.468 bits per heavy atom. The van der Waals surface area contributed by atoms with Gasteiger partial charge in [0, 0.05) is 55.4 Å². The van der Waals surface area contributed by atoms with Crippen molar-refractivity contribution >= 4 is 47.7 Å². The standard InChI is InChI=1S/C28H39NO18/c1-11(30)29-21-24(41-15(5)34)22(19(9-38-12(2)31)45-27(21)44-18(8)37)47-28-26(43-17(7)36)25(42-16(6)35)23(40-14(4)33)20(46-28)10-39-13(3)32/h19-28H,9-10H2,1-8H3,(H,29,30)/t19?,20?,21-,22-,23-,24+,25+,26-,27-,28+/m0/s1. The van der Waals surface area contributed by atoms with E-state index in [1.54, 1.807) is 0 Å². The summed E-state index contributed by atoms with van der Waals surface area (Å²) in [6, 6.07) is -1.43. The Balaban J connectivity index is 2.73. The van der Waals surface area contributed by atoms with Crippen LogP contribution >= 0.6 is 0 Å². The molecule has 19 heteroatoms. The highest BCUT2D eigenvalue weighted by Crippen LogP contribution is 2.34. The molecule has 0 saturated carbocycles. The van der Waals surface area contributed by atoms with Crippen molar-refractivity contribution in [3.05, 3.63) is 0 Å². The molecule has 10 atom stereocenters. The van der Waals surface area contributed by atoms with Gasteiger partial charge in [-0.25, -0.2) is 0 Å². The zero-order chi connectivity index (χ0) is 35.6. The number of hydrogen-bond donors (Lipinski definition) is 1. The van der Waals surface area contributed by atoms with Crippen LogP contribution in [0.1, 0.15) is 55.4 Å². The lowest BCUT2D eigenvalue weighted by Crippen LogP contribution is -2.69. The van der Waals surface area contributed by atoms with Crippen LogP contribution in [-0.4, -0.2) is 122 Å². The van der Waals surface area contributed by atoms with Crippen LogP contribution in [0.15, 0.2) is 0 Å². The van der Waals surface area contributed by atoms with Crippen molar-refractivity contribution in [3.63, 3.8) is 0 Å². The zero-order valence-corrected chi connectivity index (χ0v) is 27.0. The molecule has 0 bridgehead atoms. The van der Waals surface area contributed by atoms with Crippen LogP contribution < -0.4 is 5.32 Å².